The van der Waals surface area contributed by atoms with E-state index in [1.807, 2.05) is 43.6 Å². The summed E-state index contributed by atoms with van der Waals surface area (Å²) in [6.45, 7) is 1.83. The van der Waals surface area contributed by atoms with E-state index in [4.69, 9.17) is 0 Å². The first-order valence-corrected chi connectivity index (χ1v) is 10.3. The summed E-state index contributed by atoms with van der Waals surface area (Å²) < 4.78 is 25.9. The van der Waals surface area contributed by atoms with Gasteiger partial charge >= 0.3 is 0 Å². The number of carbonyl (C=O) groups excluding carboxylic acids is 1. The maximum atomic E-state index is 12.1. The lowest BCUT2D eigenvalue weighted by molar-refractivity contribution is 0.101. The molecule has 0 fully saturated rings. The minimum Gasteiger partial charge on any atom is -0.380 e. The minimum atomic E-state index is -3.43. The third-order valence-electron chi connectivity index (χ3n) is 4.21. The molecule has 1 aromatic heterocycles. The molecule has 0 unspecified atom stereocenters. The average Bonchev–Trinajstić information content (AvgIpc) is 3.00. The number of Topliss-reactive ketones (excluding diaryl/α,β-unsaturated/α-hetero) is 1. The molecule has 0 saturated heterocycles. The first kappa shape index (κ1) is 18.8. The van der Waals surface area contributed by atoms with Gasteiger partial charge in [0.05, 0.1) is 16.3 Å². The standard InChI is InChI=1S/C20H21N3O3S/c1-14(24)16-9-10-19(27(3,25)26)18(11-16)21-12-17-13-23(2)22-20(17)15-7-5-4-6-8-15/h4-11,13,21H,12H2,1-3H3. The van der Waals surface area contributed by atoms with Crippen LogP contribution >= 0.6 is 0 Å². The Hall–Kier alpha value is -2.93. The lowest BCUT2D eigenvalue weighted by Gasteiger charge is -2.12. The molecule has 140 valence electrons. The second kappa shape index (κ2) is 7.36. The number of sulfone groups is 1. The smallest absolute Gasteiger partial charge is 0.177 e. The molecular weight excluding hydrogens is 362 g/mol. The van der Waals surface area contributed by atoms with Crippen LogP contribution in [0.3, 0.4) is 0 Å². The van der Waals surface area contributed by atoms with E-state index < -0.39 is 9.84 Å². The Morgan fingerprint density at radius 3 is 2.48 bits per heavy atom. The quantitative estimate of drug-likeness (QED) is 0.661. The van der Waals surface area contributed by atoms with Crippen LogP contribution in [0, 0.1) is 0 Å². The summed E-state index contributed by atoms with van der Waals surface area (Å²) in [5.74, 6) is -0.121. The Labute approximate surface area is 158 Å². The Bertz CT molecular complexity index is 1090. The van der Waals surface area contributed by atoms with Crippen LogP contribution in [0.1, 0.15) is 22.8 Å². The zero-order valence-electron chi connectivity index (χ0n) is 15.4. The van der Waals surface area contributed by atoms with E-state index in [1.165, 1.54) is 19.1 Å². The number of benzene rings is 2. The van der Waals surface area contributed by atoms with Crippen LogP contribution in [0.4, 0.5) is 5.69 Å². The molecule has 0 atom stereocenters. The molecule has 0 aliphatic carbocycles. The second-order valence-corrected chi connectivity index (χ2v) is 8.42. The fourth-order valence-corrected chi connectivity index (χ4v) is 3.75. The zero-order valence-corrected chi connectivity index (χ0v) is 16.2. The van der Waals surface area contributed by atoms with Gasteiger partial charge in [0.15, 0.2) is 15.6 Å². The van der Waals surface area contributed by atoms with Gasteiger partial charge in [-0.1, -0.05) is 30.3 Å². The van der Waals surface area contributed by atoms with E-state index in [9.17, 15) is 13.2 Å². The number of anilines is 1. The number of aromatic nitrogens is 2. The van der Waals surface area contributed by atoms with Crippen molar-refractivity contribution in [2.24, 2.45) is 7.05 Å². The highest BCUT2D eigenvalue weighted by Crippen LogP contribution is 2.26. The summed E-state index contributed by atoms with van der Waals surface area (Å²) in [5, 5.41) is 7.68. The van der Waals surface area contributed by atoms with Gasteiger partial charge < -0.3 is 5.32 Å². The summed E-state index contributed by atoms with van der Waals surface area (Å²) in [7, 11) is -1.59. The van der Waals surface area contributed by atoms with E-state index >= 15 is 0 Å². The minimum absolute atomic E-state index is 0.121. The fraction of sp³-hybridized carbons (Fsp3) is 0.200. The summed E-state index contributed by atoms with van der Waals surface area (Å²) in [6, 6.07) is 14.4. The molecule has 1 N–H and O–H groups in total. The van der Waals surface area contributed by atoms with Crippen LogP contribution in [0.2, 0.25) is 0 Å². The topological polar surface area (TPSA) is 81.1 Å². The van der Waals surface area contributed by atoms with Crippen molar-refractivity contribution in [1.82, 2.24) is 9.78 Å². The molecule has 27 heavy (non-hydrogen) atoms. The molecule has 0 radical (unpaired) electrons. The maximum Gasteiger partial charge on any atom is 0.177 e. The van der Waals surface area contributed by atoms with Gasteiger partial charge in [-0.05, 0) is 25.1 Å². The number of nitrogens with one attached hydrogen (secondary N) is 1. The van der Waals surface area contributed by atoms with Crippen LogP contribution < -0.4 is 5.32 Å². The van der Waals surface area contributed by atoms with E-state index in [-0.39, 0.29) is 10.7 Å². The number of aryl methyl sites for hydroxylation is 1. The number of nitrogens with zero attached hydrogens (tertiary/aromatic N) is 2. The molecular formula is C20H21N3O3S. The van der Waals surface area contributed by atoms with Crippen molar-refractivity contribution in [3.05, 3.63) is 65.9 Å². The summed E-state index contributed by atoms with van der Waals surface area (Å²) >= 11 is 0. The Kier molecular flexibility index (Phi) is 5.14. The molecule has 0 amide bonds. The molecule has 7 heteroatoms. The van der Waals surface area contributed by atoms with Crippen LogP contribution in [0.5, 0.6) is 0 Å². The zero-order chi connectivity index (χ0) is 19.6. The average molecular weight is 383 g/mol. The van der Waals surface area contributed by atoms with Crippen molar-refractivity contribution in [2.75, 3.05) is 11.6 Å². The number of carbonyl (C=O) groups is 1. The van der Waals surface area contributed by atoms with E-state index in [0.29, 0.717) is 17.8 Å². The van der Waals surface area contributed by atoms with E-state index in [0.717, 1.165) is 23.1 Å². The highest BCUT2D eigenvalue weighted by Gasteiger charge is 2.16. The predicted molar refractivity (Wildman–Crippen MR) is 106 cm³/mol. The van der Waals surface area contributed by atoms with Crippen LogP contribution in [-0.4, -0.2) is 30.2 Å². The summed E-state index contributed by atoms with van der Waals surface area (Å²) in [4.78, 5) is 11.8. The Morgan fingerprint density at radius 2 is 1.85 bits per heavy atom. The summed E-state index contributed by atoms with van der Waals surface area (Å²) in [5.41, 5.74) is 3.61. The Balaban J connectivity index is 1.96. The van der Waals surface area contributed by atoms with E-state index in [2.05, 4.69) is 10.4 Å². The van der Waals surface area contributed by atoms with Gasteiger partial charge in [-0.25, -0.2) is 8.42 Å². The molecule has 0 aliphatic heterocycles. The van der Waals surface area contributed by atoms with E-state index in [1.54, 1.807) is 10.7 Å². The number of hydrogen-bond donors (Lipinski definition) is 1. The number of rotatable bonds is 6. The van der Waals surface area contributed by atoms with Gasteiger partial charge in [-0.15, -0.1) is 0 Å². The normalized spacial score (nSPS) is 11.4. The molecule has 2 aromatic carbocycles. The van der Waals surface area contributed by atoms with Crippen molar-refractivity contribution in [2.45, 2.75) is 18.4 Å². The molecule has 3 rings (SSSR count). The van der Waals surface area contributed by atoms with Crippen molar-refractivity contribution < 1.29 is 13.2 Å². The maximum absolute atomic E-state index is 12.1. The Morgan fingerprint density at radius 1 is 1.15 bits per heavy atom. The third kappa shape index (κ3) is 4.25. The predicted octanol–water partition coefficient (Wildman–Crippen LogP) is 3.31. The molecule has 0 aliphatic rings. The fourth-order valence-electron chi connectivity index (χ4n) is 2.91. The number of ketones is 1. The van der Waals surface area contributed by atoms with Gasteiger partial charge in [0.1, 0.15) is 0 Å². The lowest BCUT2D eigenvalue weighted by atomic mass is 10.1. The van der Waals surface area contributed by atoms with Gasteiger partial charge in [0.25, 0.3) is 0 Å². The van der Waals surface area contributed by atoms with Gasteiger partial charge in [0, 0.05) is 42.7 Å². The van der Waals surface area contributed by atoms with Crippen LogP contribution in [0.25, 0.3) is 11.3 Å². The molecule has 6 nitrogen and oxygen atoms in total. The third-order valence-corrected chi connectivity index (χ3v) is 5.36. The monoisotopic (exact) mass is 383 g/mol. The van der Waals surface area contributed by atoms with Gasteiger partial charge in [-0.3, -0.25) is 9.48 Å². The highest BCUT2D eigenvalue weighted by molar-refractivity contribution is 7.90. The molecule has 0 saturated carbocycles. The second-order valence-electron chi connectivity index (χ2n) is 6.44. The largest absolute Gasteiger partial charge is 0.380 e. The number of hydrogen-bond acceptors (Lipinski definition) is 5. The van der Waals surface area contributed by atoms with Gasteiger partial charge in [-0.2, -0.15) is 5.10 Å². The van der Waals surface area contributed by atoms with Crippen molar-refractivity contribution in [1.29, 1.82) is 0 Å². The SMILES string of the molecule is CC(=O)c1ccc(S(C)(=O)=O)c(NCc2cn(C)nc2-c2ccccc2)c1. The highest BCUT2D eigenvalue weighted by atomic mass is 32.2. The molecule has 3 aromatic rings. The van der Waals surface area contributed by atoms with Crippen molar-refractivity contribution in [3.63, 3.8) is 0 Å². The first-order chi connectivity index (χ1) is 12.8. The first-order valence-electron chi connectivity index (χ1n) is 8.42. The lowest BCUT2D eigenvalue weighted by Crippen LogP contribution is -2.08. The van der Waals surface area contributed by atoms with Crippen molar-refractivity contribution in [3.8, 4) is 11.3 Å². The molecule has 0 spiro atoms. The molecule has 1 heterocycles. The van der Waals surface area contributed by atoms with Crippen molar-refractivity contribution >= 4 is 21.3 Å². The van der Waals surface area contributed by atoms with Crippen LogP contribution in [-0.2, 0) is 23.4 Å². The van der Waals surface area contributed by atoms with Gasteiger partial charge in [0.2, 0.25) is 0 Å². The molecule has 0 bridgehead atoms. The summed E-state index contributed by atoms with van der Waals surface area (Å²) in [6.07, 6.45) is 3.05. The van der Waals surface area contributed by atoms with Crippen LogP contribution in [0.15, 0.2) is 59.6 Å².